The number of nitro groups is 1. The zero-order valence-corrected chi connectivity index (χ0v) is 15.7. The standard InChI is InChI=1S/C18H22N2O6S/c1-24-18(17-19-7-8-27-17)9-14(10-20(22)23)16(15(11-21)26-18)25-12-13-5-3-2-4-6-13/h2-8,14-16,21H,9-12H2,1H3/t14-,15+,16-,18+/m0/s1. The number of aliphatic hydroxyl groups is 1. The molecule has 2 heterocycles. The van der Waals surface area contributed by atoms with E-state index in [0.717, 1.165) is 5.56 Å². The van der Waals surface area contributed by atoms with E-state index in [1.807, 2.05) is 30.3 Å². The summed E-state index contributed by atoms with van der Waals surface area (Å²) < 4.78 is 17.7. The van der Waals surface area contributed by atoms with Crippen molar-refractivity contribution in [2.75, 3.05) is 20.3 Å². The van der Waals surface area contributed by atoms with Crippen LogP contribution in [0.15, 0.2) is 41.9 Å². The number of aromatic nitrogens is 1. The van der Waals surface area contributed by atoms with Crippen LogP contribution >= 0.6 is 11.3 Å². The molecule has 3 rings (SSSR count). The van der Waals surface area contributed by atoms with Gasteiger partial charge in [-0.15, -0.1) is 11.3 Å². The largest absolute Gasteiger partial charge is 0.394 e. The van der Waals surface area contributed by atoms with E-state index in [1.165, 1.54) is 18.4 Å². The highest BCUT2D eigenvalue weighted by atomic mass is 32.1. The molecule has 0 radical (unpaired) electrons. The van der Waals surface area contributed by atoms with Crippen LogP contribution in [0.25, 0.3) is 0 Å². The quantitative estimate of drug-likeness (QED) is 0.541. The van der Waals surface area contributed by atoms with E-state index < -0.39 is 23.9 Å². The molecule has 1 aromatic carbocycles. The Hall–Kier alpha value is -1.91. The van der Waals surface area contributed by atoms with E-state index in [1.54, 1.807) is 11.6 Å². The normalized spacial score (nSPS) is 28.1. The van der Waals surface area contributed by atoms with Crippen LogP contribution in [0.4, 0.5) is 0 Å². The van der Waals surface area contributed by atoms with Gasteiger partial charge in [-0.25, -0.2) is 4.98 Å². The van der Waals surface area contributed by atoms with Crippen molar-refractivity contribution in [3.63, 3.8) is 0 Å². The molecule has 1 saturated heterocycles. The van der Waals surface area contributed by atoms with Crippen molar-refractivity contribution in [3.05, 3.63) is 62.6 Å². The number of ether oxygens (including phenoxy) is 3. The molecule has 2 aromatic rings. The van der Waals surface area contributed by atoms with Gasteiger partial charge in [0.25, 0.3) is 0 Å². The Morgan fingerprint density at radius 1 is 1.44 bits per heavy atom. The van der Waals surface area contributed by atoms with Gasteiger partial charge in [-0.1, -0.05) is 30.3 Å². The molecule has 0 aliphatic carbocycles. The predicted octanol–water partition coefficient (Wildman–Crippen LogP) is 2.20. The van der Waals surface area contributed by atoms with Crippen LogP contribution in [0.1, 0.15) is 17.0 Å². The molecule has 1 fully saturated rings. The van der Waals surface area contributed by atoms with E-state index >= 15 is 0 Å². The zero-order valence-electron chi connectivity index (χ0n) is 14.9. The number of hydrogen-bond acceptors (Lipinski definition) is 8. The zero-order chi connectivity index (χ0) is 19.3. The minimum absolute atomic E-state index is 0.216. The number of thiazole rings is 1. The second-order valence-corrected chi connectivity index (χ2v) is 7.27. The number of rotatable bonds is 8. The number of nitrogens with zero attached hydrogens (tertiary/aromatic N) is 2. The van der Waals surface area contributed by atoms with Crippen molar-refractivity contribution >= 4 is 11.3 Å². The summed E-state index contributed by atoms with van der Waals surface area (Å²) in [6.45, 7) is -0.378. The Balaban J connectivity index is 1.84. The number of hydrogen-bond donors (Lipinski definition) is 1. The van der Waals surface area contributed by atoms with Gasteiger partial charge < -0.3 is 19.3 Å². The second kappa shape index (κ2) is 8.85. The lowest BCUT2D eigenvalue weighted by molar-refractivity contribution is -0.498. The lowest BCUT2D eigenvalue weighted by atomic mass is 9.86. The van der Waals surface area contributed by atoms with E-state index in [4.69, 9.17) is 14.2 Å². The first-order chi connectivity index (χ1) is 13.1. The van der Waals surface area contributed by atoms with Crippen LogP contribution in [0.3, 0.4) is 0 Å². The van der Waals surface area contributed by atoms with Crippen molar-refractivity contribution in [2.45, 2.75) is 31.0 Å². The summed E-state index contributed by atoms with van der Waals surface area (Å²) in [7, 11) is 1.48. The van der Waals surface area contributed by atoms with Gasteiger partial charge >= 0.3 is 0 Å². The number of benzene rings is 1. The maximum absolute atomic E-state index is 11.3. The summed E-state index contributed by atoms with van der Waals surface area (Å²) >= 11 is 1.34. The molecule has 1 aliphatic rings. The van der Waals surface area contributed by atoms with Crippen molar-refractivity contribution in [1.82, 2.24) is 4.98 Å². The minimum atomic E-state index is -1.23. The average Bonchev–Trinajstić information content (AvgIpc) is 3.22. The summed E-state index contributed by atoms with van der Waals surface area (Å²) in [5.74, 6) is -1.73. The molecule has 0 amide bonds. The molecule has 0 spiro atoms. The Morgan fingerprint density at radius 2 is 2.22 bits per heavy atom. The highest BCUT2D eigenvalue weighted by Crippen LogP contribution is 2.43. The van der Waals surface area contributed by atoms with Crippen molar-refractivity contribution in [3.8, 4) is 0 Å². The Bertz CT molecular complexity index is 729. The molecule has 9 heteroatoms. The molecular weight excluding hydrogens is 372 g/mol. The summed E-state index contributed by atoms with van der Waals surface area (Å²) in [5.41, 5.74) is 0.942. The third-order valence-electron chi connectivity index (χ3n) is 4.64. The Kier molecular flexibility index (Phi) is 6.51. The maximum atomic E-state index is 11.3. The summed E-state index contributed by atoms with van der Waals surface area (Å²) in [6.07, 6.45) is 0.437. The lowest BCUT2D eigenvalue weighted by Gasteiger charge is -2.45. The predicted molar refractivity (Wildman–Crippen MR) is 97.7 cm³/mol. The highest BCUT2D eigenvalue weighted by Gasteiger charge is 2.52. The van der Waals surface area contributed by atoms with Crippen LogP contribution in [0, 0.1) is 16.0 Å². The van der Waals surface area contributed by atoms with Gasteiger partial charge in [0.1, 0.15) is 6.10 Å². The molecule has 146 valence electrons. The first-order valence-electron chi connectivity index (χ1n) is 8.59. The first kappa shape index (κ1) is 19.8. The van der Waals surface area contributed by atoms with Crippen molar-refractivity contribution in [1.29, 1.82) is 0 Å². The molecule has 1 N–H and O–H groups in total. The summed E-state index contributed by atoms with van der Waals surface area (Å²) in [4.78, 5) is 15.2. The molecule has 27 heavy (non-hydrogen) atoms. The third kappa shape index (κ3) is 4.50. The van der Waals surface area contributed by atoms with Crippen LogP contribution in [0.2, 0.25) is 0 Å². The van der Waals surface area contributed by atoms with Gasteiger partial charge in [-0.05, 0) is 5.56 Å². The SMILES string of the molecule is CO[C@]1(c2nccs2)C[C@@H](C[N+](=O)[O-])[C@H](OCc2ccccc2)[C@@H](CO)O1. The van der Waals surface area contributed by atoms with Crippen LogP contribution in [-0.2, 0) is 26.6 Å². The smallest absolute Gasteiger partial charge is 0.222 e. The minimum Gasteiger partial charge on any atom is -0.394 e. The monoisotopic (exact) mass is 394 g/mol. The molecule has 1 aromatic heterocycles. The second-order valence-electron chi connectivity index (χ2n) is 6.37. The summed E-state index contributed by atoms with van der Waals surface area (Å²) in [6, 6.07) is 9.52. The first-order valence-corrected chi connectivity index (χ1v) is 9.47. The van der Waals surface area contributed by atoms with Gasteiger partial charge in [0, 0.05) is 30.0 Å². The maximum Gasteiger partial charge on any atom is 0.222 e. The van der Waals surface area contributed by atoms with Gasteiger partial charge in [0.2, 0.25) is 12.3 Å². The van der Waals surface area contributed by atoms with Gasteiger partial charge in [0.15, 0.2) is 5.01 Å². The summed E-state index contributed by atoms with van der Waals surface area (Å²) in [5, 5.41) is 23.5. The van der Waals surface area contributed by atoms with E-state index in [2.05, 4.69) is 4.98 Å². The molecule has 0 saturated carbocycles. The Morgan fingerprint density at radius 3 is 2.81 bits per heavy atom. The fourth-order valence-corrected chi connectivity index (χ4v) is 4.17. The Labute approximate surface area is 160 Å². The van der Waals surface area contributed by atoms with Gasteiger partial charge in [-0.3, -0.25) is 10.1 Å². The van der Waals surface area contributed by atoms with Crippen LogP contribution < -0.4 is 0 Å². The molecule has 0 bridgehead atoms. The molecule has 4 atom stereocenters. The van der Waals surface area contributed by atoms with Crippen LogP contribution in [-0.4, -0.2) is 47.5 Å². The molecule has 0 unspecified atom stereocenters. The van der Waals surface area contributed by atoms with Crippen molar-refractivity contribution in [2.24, 2.45) is 5.92 Å². The topological polar surface area (TPSA) is 104 Å². The fourth-order valence-electron chi connectivity index (χ4n) is 3.40. The lowest BCUT2D eigenvalue weighted by Crippen LogP contribution is -2.55. The highest BCUT2D eigenvalue weighted by molar-refractivity contribution is 7.09. The van der Waals surface area contributed by atoms with Crippen LogP contribution in [0.5, 0.6) is 0 Å². The fraction of sp³-hybridized carbons (Fsp3) is 0.500. The van der Waals surface area contributed by atoms with E-state index in [-0.39, 0.29) is 31.1 Å². The van der Waals surface area contributed by atoms with Crippen molar-refractivity contribution < 1.29 is 24.2 Å². The van der Waals surface area contributed by atoms with Gasteiger partial charge in [-0.2, -0.15) is 0 Å². The number of aliphatic hydroxyl groups excluding tert-OH is 1. The van der Waals surface area contributed by atoms with E-state index in [0.29, 0.717) is 5.01 Å². The molecule has 1 aliphatic heterocycles. The van der Waals surface area contributed by atoms with E-state index in [9.17, 15) is 15.2 Å². The molecular formula is C18H22N2O6S. The molecule has 8 nitrogen and oxygen atoms in total. The average molecular weight is 394 g/mol. The number of methoxy groups -OCH3 is 1. The third-order valence-corrected chi connectivity index (χ3v) is 5.54. The van der Waals surface area contributed by atoms with Gasteiger partial charge in [0.05, 0.1) is 25.2 Å².